The maximum atomic E-state index is 12.0. The Kier molecular flexibility index (Phi) is 6.71. The number of carbonyl (C=O) groups is 1. The van der Waals surface area contributed by atoms with Crippen LogP contribution in [0.15, 0.2) is 71.8 Å². The maximum absolute atomic E-state index is 12.0. The average Bonchev–Trinajstić information content (AvgIpc) is 2.74. The largest absolute Gasteiger partial charge is 0.507 e. The number of halogens is 1. The summed E-state index contributed by atoms with van der Waals surface area (Å²) in [6.45, 7) is 0.306. The molecular formula is C22H19ClN2O4. The van der Waals surface area contributed by atoms with Gasteiger partial charge in [0.05, 0.1) is 18.9 Å². The second-order valence-corrected chi connectivity index (χ2v) is 6.41. The van der Waals surface area contributed by atoms with Crippen LogP contribution in [0.5, 0.6) is 17.2 Å². The second-order valence-electron chi connectivity index (χ2n) is 6.01. The van der Waals surface area contributed by atoms with Crippen molar-refractivity contribution in [2.75, 3.05) is 7.11 Å². The van der Waals surface area contributed by atoms with Crippen molar-refractivity contribution in [2.24, 2.45) is 5.10 Å². The summed E-state index contributed by atoms with van der Waals surface area (Å²) in [4.78, 5) is 12.0. The highest BCUT2D eigenvalue weighted by Gasteiger charge is 2.09. The van der Waals surface area contributed by atoms with E-state index < -0.39 is 5.91 Å². The number of methoxy groups -OCH3 is 1. The lowest BCUT2D eigenvalue weighted by molar-refractivity contribution is 0.0952. The van der Waals surface area contributed by atoms with Crippen molar-refractivity contribution in [1.29, 1.82) is 0 Å². The molecule has 0 spiro atoms. The summed E-state index contributed by atoms with van der Waals surface area (Å²) >= 11 is 6.15. The zero-order valence-corrected chi connectivity index (χ0v) is 16.4. The summed E-state index contributed by atoms with van der Waals surface area (Å²) in [5.41, 5.74) is 4.09. The molecule has 3 aromatic rings. The van der Waals surface area contributed by atoms with Crippen molar-refractivity contribution in [2.45, 2.75) is 6.61 Å². The molecule has 3 rings (SSSR count). The zero-order valence-electron chi connectivity index (χ0n) is 15.6. The first-order valence-corrected chi connectivity index (χ1v) is 9.12. The van der Waals surface area contributed by atoms with E-state index in [4.69, 9.17) is 21.1 Å². The molecule has 29 heavy (non-hydrogen) atoms. The van der Waals surface area contributed by atoms with Gasteiger partial charge in [-0.2, -0.15) is 5.10 Å². The van der Waals surface area contributed by atoms with Gasteiger partial charge in [-0.05, 0) is 42.0 Å². The molecule has 0 heterocycles. The minimum Gasteiger partial charge on any atom is -0.507 e. The molecule has 0 saturated carbocycles. The van der Waals surface area contributed by atoms with Gasteiger partial charge in [-0.3, -0.25) is 4.79 Å². The van der Waals surface area contributed by atoms with Crippen LogP contribution in [-0.4, -0.2) is 24.3 Å². The fraction of sp³-hybridized carbons (Fsp3) is 0.0909. The number of phenolic OH excluding ortho intramolecular Hbond substituents is 1. The molecule has 0 saturated heterocycles. The van der Waals surface area contributed by atoms with Crippen LogP contribution < -0.4 is 14.9 Å². The van der Waals surface area contributed by atoms with Crippen molar-refractivity contribution in [3.05, 3.63) is 88.4 Å². The Bertz CT molecular complexity index is 1040. The second kappa shape index (κ2) is 9.61. The summed E-state index contributed by atoms with van der Waals surface area (Å²) in [6.07, 6.45) is 1.47. The third kappa shape index (κ3) is 5.27. The summed E-state index contributed by atoms with van der Waals surface area (Å²) in [5, 5.41) is 14.2. The number of hydrogen-bond donors (Lipinski definition) is 2. The number of carbonyl (C=O) groups excluding carboxylic acids is 1. The number of nitrogens with one attached hydrogen (secondary N) is 1. The summed E-state index contributed by atoms with van der Waals surface area (Å²) in [7, 11) is 1.54. The monoisotopic (exact) mass is 410 g/mol. The Morgan fingerprint density at radius 2 is 1.86 bits per heavy atom. The summed E-state index contributed by atoms with van der Waals surface area (Å²) in [6, 6.07) is 19.0. The van der Waals surface area contributed by atoms with E-state index in [-0.39, 0.29) is 11.3 Å². The van der Waals surface area contributed by atoms with Crippen molar-refractivity contribution < 1.29 is 19.4 Å². The number of hydrogen-bond acceptors (Lipinski definition) is 5. The molecule has 0 aliphatic carbocycles. The van der Waals surface area contributed by atoms with E-state index in [9.17, 15) is 9.90 Å². The highest BCUT2D eigenvalue weighted by Crippen LogP contribution is 2.29. The Labute approximate surface area is 173 Å². The number of para-hydroxylation sites is 1. The number of aromatic hydroxyl groups is 1. The van der Waals surface area contributed by atoms with Gasteiger partial charge in [-0.15, -0.1) is 0 Å². The van der Waals surface area contributed by atoms with Gasteiger partial charge in [0.25, 0.3) is 5.91 Å². The van der Waals surface area contributed by atoms with Crippen LogP contribution in [0.1, 0.15) is 21.5 Å². The quantitative estimate of drug-likeness (QED) is 0.447. The Morgan fingerprint density at radius 1 is 1.10 bits per heavy atom. The third-order valence-electron chi connectivity index (χ3n) is 4.06. The van der Waals surface area contributed by atoms with Gasteiger partial charge in [0.2, 0.25) is 0 Å². The fourth-order valence-electron chi connectivity index (χ4n) is 2.55. The molecule has 0 radical (unpaired) electrons. The number of nitrogens with zero attached hydrogens (tertiary/aromatic N) is 1. The zero-order chi connectivity index (χ0) is 20.6. The van der Waals surface area contributed by atoms with Crippen molar-refractivity contribution >= 4 is 23.7 Å². The lowest BCUT2D eigenvalue weighted by Gasteiger charge is -2.12. The smallest absolute Gasteiger partial charge is 0.275 e. The maximum Gasteiger partial charge on any atom is 0.275 e. The van der Waals surface area contributed by atoms with Gasteiger partial charge in [-0.1, -0.05) is 41.9 Å². The molecule has 3 aromatic carbocycles. The Balaban J connectivity index is 1.65. The molecule has 0 fully saturated rings. The van der Waals surface area contributed by atoms with E-state index in [1.165, 1.54) is 18.3 Å². The number of hydrazone groups is 1. The lowest BCUT2D eigenvalue weighted by Crippen LogP contribution is -2.17. The van der Waals surface area contributed by atoms with Crippen molar-refractivity contribution in [3.63, 3.8) is 0 Å². The standard InChI is InChI=1S/C22H19ClN2O4/c1-28-21-12-15(13-24-25-22(27)17-7-3-5-9-19(17)26)10-11-20(21)29-14-16-6-2-4-8-18(16)23/h2-13,26H,14H2,1H3,(H,25,27). The van der Waals surface area contributed by atoms with E-state index in [1.807, 2.05) is 18.2 Å². The predicted octanol–water partition coefficient (Wildman–Crippen LogP) is 4.40. The normalized spacial score (nSPS) is 10.7. The minimum absolute atomic E-state index is 0.109. The number of rotatable bonds is 7. The molecule has 0 aliphatic rings. The molecule has 0 aliphatic heterocycles. The van der Waals surface area contributed by atoms with Crippen LogP contribution in [0.3, 0.4) is 0 Å². The van der Waals surface area contributed by atoms with Gasteiger partial charge < -0.3 is 14.6 Å². The first-order chi connectivity index (χ1) is 14.1. The van der Waals surface area contributed by atoms with Crippen LogP contribution in [0.4, 0.5) is 0 Å². The van der Waals surface area contributed by atoms with Crippen molar-refractivity contribution in [1.82, 2.24) is 5.43 Å². The van der Waals surface area contributed by atoms with Crippen LogP contribution in [0.2, 0.25) is 5.02 Å². The first-order valence-electron chi connectivity index (χ1n) is 8.74. The molecule has 7 heteroatoms. The third-order valence-corrected chi connectivity index (χ3v) is 4.43. The number of benzene rings is 3. The minimum atomic E-state index is -0.508. The van der Waals surface area contributed by atoms with Crippen LogP contribution in [0.25, 0.3) is 0 Å². The molecule has 6 nitrogen and oxygen atoms in total. The fourth-order valence-corrected chi connectivity index (χ4v) is 2.74. The van der Waals surface area contributed by atoms with Gasteiger partial charge in [0, 0.05) is 10.6 Å². The molecular weight excluding hydrogens is 392 g/mol. The SMILES string of the molecule is COc1cc(C=NNC(=O)c2ccccc2O)ccc1OCc1ccccc1Cl. The molecule has 148 valence electrons. The van der Waals surface area contributed by atoms with Crippen LogP contribution in [-0.2, 0) is 6.61 Å². The van der Waals surface area contributed by atoms with Crippen LogP contribution in [0, 0.1) is 0 Å². The highest BCUT2D eigenvalue weighted by molar-refractivity contribution is 6.31. The van der Waals surface area contributed by atoms with Gasteiger partial charge in [-0.25, -0.2) is 5.43 Å². The lowest BCUT2D eigenvalue weighted by atomic mass is 10.2. The first kappa shape index (κ1) is 20.2. The molecule has 0 unspecified atom stereocenters. The number of amides is 1. The Morgan fingerprint density at radius 3 is 2.62 bits per heavy atom. The average molecular weight is 411 g/mol. The van der Waals surface area contributed by atoms with E-state index >= 15 is 0 Å². The molecule has 2 N–H and O–H groups in total. The molecule has 0 bridgehead atoms. The summed E-state index contributed by atoms with van der Waals surface area (Å²) < 4.78 is 11.2. The molecule has 0 atom stereocenters. The predicted molar refractivity (Wildman–Crippen MR) is 112 cm³/mol. The van der Waals surface area contributed by atoms with Gasteiger partial charge >= 0.3 is 0 Å². The number of ether oxygens (including phenoxy) is 2. The molecule has 1 amide bonds. The van der Waals surface area contributed by atoms with Gasteiger partial charge in [0.1, 0.15) is 12.4 Å². The number of phenols is 1. The Hall–Kier alpha value is -3.51. The van der Waals surface area contributed by atoms with Crippen LogP contribution >= 0.6 is 11.6 Å². The van der Waals surface area contributed by atoms with Crippen molar-refractivity contribution in [3.8, 4) is 17.2 Å². The highest BCUT2D eigenvalue weighted by atomic mass is 35.5. The van der Waals surface area contributed by atoms with E-state index in [0.717, 1.165) is 5.56 Å². The van der Waals surface area contributed by atoms with E-state index in [2.05, 4.69) is 10.5 Å². The molecule has 0 aromatic heterocycles. The summed E-state index contributed by atoms with van der Waals surface area (Å²) in [5.74, 6) is 0.462. The van der Waals surface area contributed by atoms with Gasteiger partial charge in [0.15, 0.2) is 11.5 Å². The topological polar surface area (TPSA) is 80.2 Å². The van der Waals surface area contributed by atoms with E-state index in [0.29, 0.717) is 28.7 Å². The van der Waals surface area contributed by atoms with E-state index in [1.54, 1.807) is 43.5 Å².